The van der Waals surface area contributed by atoms with Gasteiger partial charge in [0.25, 0.3) is 5.91 Å². The lowest BCUT2D eigenvalue weighted by molar-refractivity contribution is 0.0779. The molecule has 1 saturated heterocycles. The van der Waals surface area contributed by atoms with E-state index in [0.29, 0.717) is 18.0 Å². The topological polar surface area (TPSA) is 58.8 Å². The van der Waals surface area contributed by atoms with Gasteiger partial charge < -0.3 is 19.0 Å². The quantitative estimate of drug-likeness (QED) is 0.655. The molecule has 28 heavy (non-hydrogen) atoms. The summed E-state index contributed by atoms with van der Waals surface area (Å²) in [7, 11) is 1.81. The monoisotopic (exact) mass is 397 g/mol. The third-order valence-electron chi connectivity index (χ3n) is 4.81. The smallest absolute Gasteiger partial charge is 0.273 e. The SMILES string of the molecule is Cc1sc(-c2ccco2)nc1C(=O)N(C)Cc1ccc(N2CCOCC2)cc1. The van der Waals surface area contributed by atoms with E-state index in [1.807, 2.05) is 26.1 Å². The Balaban J connectivity index is 1.43. The fraction of sp³-hybridized carbons (Fsp3) is 0.333. The predicted molar refractivity (Wildman–Crippen MR) is 110 cm³/mol. The fourth-order valence-electron chi connectivity index (χ4n) is 3.26. The number of anilines is 1. The van der Waals surface area contributed by atoms with E-state index in [1.54, 1.807) is 11.2 Å². The third kappa shape index (κ3) is 3.95. The van der Waals surface area contributed by atoms with Crippen molar-refractivity contribution in [2.24, 2.45) is 0 Å². The van der Waals surface area contributed by atoms with Crippen molar-refractivity contribution in [2.45, 2.75) is 13.5 Å². The second kappa shape index (κ2) is 8.16. The highest BCUT2D eigenvalue weighted by atomic mass is 32.1. The van der Waals surface area contributed by atoms with Crippen LogP contribution in [-0.2, 0) is 11.3 Å². The van der Waals surface area contributed by atoms with Gasteiger partial charge in [-0.15, -0.1) is 11.3 Å². The highest BCUT2D eigenvalue weighted by molar-refractivity contribution is 7.15. The molecule has 1 aromatic carbocycles. The first kappa shape index (κ1) is 18.7. The molecule has 4 rings (SSSR count). The number of carbonyl (C=O) groups is 1. The minimum absolute atomic E-state index is 0.0798. The van der Waals surface area contributed by atoms with Crippen molar-refractivity contribution in [2.75, 3.05) is 38.3 Å². The van der Waals surface area contributed by atoms with Gasteiger partial charge in [0.05, 0.1) is 19.5 Å². The van der Waals surface area contributed by atoms with Crippen LogP contribution < -0.4 is 4.90 Å². The van der Waals surface area contributed by atoms with Gasteiger partial charge in [-0.3, -0.25) is 4.79 Å². The second-order valence-electron chi connectivity index (χ2n) is 6.83. The zero-order valence-electron chi connectivity index (χ0n) is 16.1. The van der Waals surface area contributed by atoms with Gasteiger partial charge in [-0.2, -0.15) is 0 Å². The van der Waals surface area contributed by atoms with E-state index in [9.17, 15) is 4.79 Å². The van der Waals surface area contributed by atoms with Crippen LogP contribution in [0.15, 0.2) is 47.1 Å². The molecule has 0 aliphatic carbocycles. The fourth-order valence-corrected chi connectivity index (χ4v) is 4.13. The molecule has 1 aliphatic rings. The highest BCUT2D eigenvalue weighted by Gasteiger charge is 2.21. The minimum Gasteiger partial charge on any atom is -0.462 e. The largest absolute Gasteiger partial charge is 0.462 e. The average molecular weight is 398 g/mol. The Hall–Kier alpha value is -2.64. The van der Waals surface area contributed by atoms with Crippen molar-refractivity contribution in [1.82, 2.24) is 9.88 Å². The van der Waals surface area contributed by atoms with Crippen molar-refractivity contribution < 1.29 is 13.9 Å². The van der Waals surface area contributed by atoms with Gasteiger partial charge in [-0.1, -0.05) is 12.1 Å². The van der Waals surface area contributed by atoms with Crippen LogP contribution in [0.3, 0.4) is 0 Å². The number of hydrogen-bond acceptors (Lipinski definition) is 6. The molecule has 0 saturated carbocycles. The molecule has 3 aromatic rings. The number of carbonyl (C=O) groups excluding carboxylic acids is 1. The number of furan rings is 1. The van der Waals surface area contributed by atoms with Crippen molar-refractivity contribution in [3.05, 3.63) is 58.8 Å². The zero-order chi connectivity index (χ0) is 19.5. The number of aromatic nitrogens is 1. The number of benzene rings is 1. The van der Waals surface area contributed by atoms with E-state index < -0.39 is 0 Å². The number of hydrogen-bond donors (Lipinski definition) is 0. The van der Waals surface area contributed by atoms with E-state index in [1.165, 1.54) is 17.0 Å². The normalized spacial score (nSPS) is 14.3. The molecule has 1 aliphatic heterocycles. The summed E-state index contributed by atoms with van der Waals surface area (Å²) in [6.45, 7) is 5.83. The summed E-state index contributed by atoms with van der Waals surface area (Å²) in [6, 6.07) is 12.1. The molecule has 1 amide bonds. The summed E-state index contributed by atoms with van der Waals surface area (Å²) >= 11 is 1.47. The lowest BCUT2D eigenvalue weighted by atomic mass is 10.1. The van der Waals surface area contributed by atoms with Crippen LogP contribution >= 0.6 is 11.3 Å². The van der Waals surface area contributed by atoms with Crippen LogP contribution in [-0.4, -0.2) is 49.1 Å². The second-order valence-corrected chi connectivity index (χ2v) is 8.03. The Kier molecular flexibility index (Phi) is 5.45. The van der Waals surface area contributed by atoms with Gasteiger partial charge in [0, 0.05) is 37.2 Å². The van der Waals surface area contributed by atoms with Gasteiger partial charge in [-0.05, 0) is 36.8 Å². The first-order valence-electron chi connectivity index (χ1n) is 9.30. The third-order valence-corrected chi connectivity index (χ3v) is 5.80. The van der Waals surface area contributed by atoms with Crippen LogP contribution in [0.1, 0.15) is 20.9 Å². The molecular weight excluding hydrogens is 374 g/mol. The molecular formula is C21H23N3O3S. The van der Waals surface area contributed by atoms with E-state index >= 15 is 0 Å². The zero-order valence-corrected chi connectivity index (χ0v) is 16.9. The molecule has 6 nitrogen and oxygen atoms in total. The van der Waals surface area contributed by atoms with Crippen LogP contribution in [0.5, 0.6) is 0 Å². The van der Waals surface area contributed by atoms with E-state index in [2.05, 4.69) is 34.1 Å². The molecule has 0 spiro atoms. The lowest BCUT2D eigenvalue weighted by Crippen LogP contribution is -2.36. The Labute approximate surface area is 168 Å². The van der Waals surface area contributed by atoms with Crippen molar-refractivity contribution >= 4 is 22.9 Å². The first-order chi connectivity index (χ1) is 13.6. The van der Waals surface area contributed by atoms with Crippen LogP contribution in [0.25, 0.3) is 10.8 Å². The van der Waals surface area contributed by atoms with Crippen LogP contribution in [0, 0.1) is 6.92 Å². The standard InChI is InChI=1S/C21H23N3O3S/c1-15-19(22-20(28-15)18-4-3-11-27-18)21(25)23(2)14-16-5-7-17(8-6-16)24-9-12-26-13-10-24/h3-8,11H,9-10,12-14H2,1-2H3. The predicted octanol–water partition coefficient (Wildman–Crippen LogP) is 3.82. The Morgan fingerprint density at radius 2 is 1.96 bits per heavy atom. The molecule has 0 unspecified atom stereocenters. The summed E-state index contributed by atoms with van der Waals surface area (Å²) < 4.78 is 10.8. The van der Waals surface area contributed by atoms with Gasteiger partial charge in [0.1, 0.15) is 5.69 Å². The number of aryl methyl sites for hydroxylation is 1. The molecule has 7 heteroatoms. The molecule has 0 atom stereocenters. The Morgan fingerprint density at radius 3 is 2.64 bits per heavy atom. The maximum atomic E-state index is 12.9. The maximum Gasteiger partial charge on any atom is 0.273 e. The number of amides is 1. The number of ether oxygens (including phenoxy) is 1. The Bertz CT molecular complexity index is 928. The van der Waals surface area contributed by atoms with Gasteiger partial charge in [0.15, 0.2) is 10.8 Å². The van der Waals surface area contributed by atoms with Crippen molar-refractivity contribution in [3.8, 4) is 10.8 Å². The maximum absolute atomic E-state index is 12.9. The summed E-state index contributed by atoms with van der Waals surface area (Å²) in [6.07, 6.45) is 1.61. The molecule has 3 heterocycles. The number of nitrogens with zero attached hydrogens (tertiary/aromatic N) is 3. The summed E-state index contributed by atoms with van der Waals surface area (Å²) in [5, 5.41) is 0.731. The molecule has 0 N–H and O–H groups in total. The Morgan fingerprint density at radius 1 is 1.21 bits per heavy atom. The summed E-state index contributed by atoms with van der Waals surface area (Å²) in [4.78, 5) is 22.3. The molecule has 0 radical (unpaired) electrons. The minimum atomic E-state index is -0.0798. The van der Waals surface area contributed by atoms with Gasteiger partial charge in [0.2, 0.25) is 0 Å². The van der Waals surface area contributed by atoms with E-state index in [-0.39, 0.29) is 5.91 Å². The van der Waals surface area contributed by atoms with E-state index in [0.717, 1.165) is 41.8 Å². The molecule has 146 valence electrons. The van der Waals surface area contributed by atoms with Gasteiger partial charge >= 0.3 is 0 Å². The molecule has 2 aromatic heterocycles. The average Bonchev–Trinajstić information content (AvgIpc) is 3.38. The van der Waals surface area contributed by atoms with Gasteiger partial charge in [-0.25, -0.2) is 4.98 Å². The number of thiazole rings is 1. The summed E-state index contributed by atoms with van der Waals surface area (Å²) in [5.74, 6) is 0.609. The molecule has 1 fully saturated rings. The van der Waals surface area contributed by atoms with Crippen LogP contribution in [0.4, 0.5) is 5.69 Å². The van der Waals surface area contributed by atoms with Crippen molar-refractivity contribution in [1.29, 1.82) is 0 Å². The first-order valence-corrected chi connectivity index (χ1v) is 10.1. The van der Waals surface area contributed by atoms with E-state index in [4.69, 9.17) is 9.15 Å². The van der Waals surface area contributed by atoms with Crippen molar-refractivity contribution in [3.63, 3.8) is 0 Å². The molecule has 0 bridgehead atoms. The highest BCUT2D eigenvalue weighted by Crippen LogP contribution is 2.28. The lowest BCUT2D eigenvalue weighted by Gasteiger charge is -2.29. The van der Waals surface area contributed by atoms with Crippen LogP contribution in [0.2, 0.25) is 0 Å². The summed E-state index contributed by atoms with van der Waals surface area (Å²) in [5.41, 5.74) is 2.77. The number of morpholine rings is 1. The number of rotatable bonds is 5.